The molecule has 3 nitrogen and oxygen atoms in total. The van der Waals surface area contributed by atoms with Crippen molar-refractivity contribution in [2.45, 2.75) is 18.6 Å². The number of hydrogen-bond acceptors (Lipinski definition) is 2. The van der Waals surface area contributed by atoms with Gasteiger partial charge in [-0.25, -0.2) is 8.42 Å². The Balaban J connectivity index is 3.20. The quantitative estimate of drug-likeness (QED) is 0.753. The van der Waals surface area contributed by atoms with Crippen LogP contribution in [0, 0.1) is 0 Å². The largest absolute Gasteiger partial charge is 0.364 e. The van der Waals surface area contributed by atoms with Crippen molar-refractivity contribution in [3.8, 4) is 0 Å². The monoisotopic (exact) mass is 207 g/mol. The molecule has 0 aliphatic rings. The summed E-state index contributed by atoms with van der Waals surface area (Å²) in [6.45, 7) is 3.11. The van der Waals surface area contributed by atoms with Crippen LogP contribution in [0.3, 0.4) is 0 Å². The Morgan fingerprint density at radius 3 is 2.42 bits per heavy atom. The van der Waals surface area contributed by atoms with Crippen molar-refractivity contribution in [1.29, 1.82) is 0 Å². The van der Waals surface area contributed by atoms with E-state index in [1.165, 1.54) is 0 Å². The zero-order valence-electron chi connectivity index (χ0n) is 6.83. The molecule has 0 aromatic carbocycles. The summed E-state index contributed by atoms with van der Waals surface area (Å²) in [6, 6.07) is 3.43. The maximum atomic E-state index is 11.1. The molecule has 68 valence electrons. The minimum absolute atomic E-state index is 0.595. The lowest BCUT2D eigenvalue weighted by atomic mass is 10.1. The lowest BCUT2D eigenvalue weighted by molar-refractivity contribution is 0.566. The van der Waals surface area contributed by atoms with Gasteiger partial charge in [0.05, 0.1) is 0 Å². The first-order chi connectivity index (χ1) is 5.36. The average Bonchev–Trinajstić information content (AvgIpc) is 2.34. The van der Waals surface area contributed by atoms with Gasteiger partial charge in [0, 0.05) is 22.6 Å². The van der Waals surface area contributed by atoms with Gasteiger partial charge in [-0.15, -0.1) is 0 Å². The molecule has 1 rings (SSSR count). The second-order valence-corrected chi connectivity index (χ2v) is 6.15. The van der Waals surface area contributed by atoms with E-state index in [0.717, 1.165) is 0 Å². The third-order valence-electron chi connectivity index (χ3n) is 1.86. The minimum atomic E-state index is -3.58. The van der Waals surface area contributed by atoms with Gasteiger partial charge in [0.25, 0.3) is 0 Å². The molecule has 1 N–H and O–H groups in total. The summed E-state index contributed by atoms with van der Waals surface area (Å²) >= 11 is 0. The van der Waals surface area contributed by atoms with Crippen LogP contribution >= 0.6 is 10.7 Å². The van der Waals surface area contributed by atoms with Crippen LogP contribution in [0.1, 0.15) is 19.5 Å². The number of H-pyrrole nitrogens is 1. The SMILES string of the molecule is CC(C)(c1ccc[nH]1)S(=O)(=O)Cl. The highest BCUT2D eigenvalue weighted by Gasteiger charge is 2.35. The highest BCUT2D eigenvalue weighted by atomic mass is 35.7. The number of aromatic nitrogens is 1. The summed E-state index contributed by atoms with van der Waals surface area (Å²) < 4.78 is 21.1. The number of halogens is 1. The molecule has 0 saturated carbocycles. The maximum absolute atomic E-state index is 11.1. The van der Waals surface area contributed by atoms with E-state index in [1.54, 1.807) is 32.2 Å². The zero-order chi connectivity index (χ0) is 9.41. The van der Waals surface area contributed by atoms with Crippen LogP contribution in [0.25, 0.3) is 0 Å². The van der Waals surface area contributed by atoms with Gasteiger partial charge >= 0.3 is 0 Å². The van der Waals surface area contributed by atoms with Gasteiger partial charge in [-0.2, -0.15) is 0 Å². The lowest BCUT2D eigenvalue weighted by Gasteiger charge is -2.18. The molecule has 0 atom stereocenters. The van der Waals surface area contributed by atoms with Gasteiger partial charge in [0.1, 0.15) is 4.75 Å². The molecule has 12 heavy (non-hydrogen) atoms. The van der Waals surface area contributed by atoms with Crippen molar-refractivity contribution in [3.63, 3.8) is 0 Å². The van der Waals surface area contributed by atoms with E-state index in [2.05, 4.69) is 4.98 Å². The van der Waals surface area contributed by atoms with Gasteiger partial charge in [-0.1, -0.05) is 0 Å². The Hall–Kier alpha value is -0.480. The molecule has 0 saturated heterocycles. The summed E-state index contributed by atoms with van der Waals surface area (Å²) in [5.74, 6) is 0. The molecule has 0 radical (unpaired) electrons. The molecule has 0 aliphatic carbocycles. The zero-order valence-corrected chi connectivity index (χ0v) is 8.41. The number of nitrogens with one attached hydrogen (secondary N) is 1. The summed E-state index contributed by atoms with van der Waals surface area (Å²) in [5.41, 5.74) is 0.595. The van der Waals surface area contributed by atoms with Crippen LogP contribution in [-0.2, 0) is 13.8 Å². The van der Waals surface area contributed by atoms with Crippen molar-refractivity contribution in [2.75, 3.05) is 0 Å². The first-order valence-electron chi connectivity index (χ1n) is 3.44. The lowest BCUT2D eigenvalue weighted by Crippen LogP contribution is -2.25. The molecule has 1 aromatic heterocycles. The molecular formula is C7H10ClNO2S. The third-order valence-corrected chi connectivity index (χ3v) is 4.45. The van der Waals surface area contributed by atoms with Gasteiger partial charge < -0.3 is 4.98 Å². The fourth-order valence-corrected chi connectivity index (χ4v) is 1.48. The predicted octanol–water partition coefficient (Wildman–Crippen LogP) is 1.82. The Morgan fingerprint density at radius 2 is 2.08 bits per heavy atom. The summed E-state index contributed by atoms with van der Waals surface area (Å²) in [5, 5.41) is 0. The van der Waals surface area contributed by atoms with Crippen LogP contribution in [0.5, 0.6) is 0 Å². The summed E-state index contributed by atoms with van der Waals surface area (Å²) in [6.07, 6.45) is 1.67. The van der Waals surface area contributed by atoms with Crippen molar-refractivity contribution in [3.05, 3.63) is 24.0 Å². The van der Waals surface area contributed by atoms with Crippen LogP contribution in [0.15, 0.2) is 18.3 Å². The van der Waals surface area contributed by atoms with E-state index in [-0.39, 0.29) is 0 Å². The van der Waals surface area contributed by atoms with Gasteiger partial charge in [-0.3, -0.25) is 0 Å². The molecule has 0 bridgehead atoms. The molecule has 5 heteroatoms. The fourth-order valence-electron chi connectivity index (χ4n) is 0.836. The second kappa shape index (κ2) is 2.78. The normalized spacial score (nSPS) is 13.2. The fraction of sp³-hybridized carbons (Fsp3) is 0.429. The molecule has 0 fully saturated rings. The first-order valence-corrected chi connectivity index (χ1v) is 5.75. The minimum Gasteiger partial charge on any atom is -0.364 e. The van der Waals surface area contributed by atoms with Gasteiger partial charge in [0.15, 0.2) is 0 Å². The number of aromatic amines is 1. The first kappa shape index (κ1) is 9.61. The maximum Gasteiger partial charge on any atom is 0.243 e. The van der Waals surface area contributed by atoms with E-state index in [9.17, 15) is 8.42 Å². The molecule has 0 spiro atoms. The molecule has 1 aromatic rings. The molecule has 0 aliphatic heterocycles. The van der Waals surface area contributed by atoms with Gasteiger partial charge in [0.2, 0.25) is 9.05 Å². The molecule has 0 unspecified atom stereocenters. The van der Waals surface area contributed by atoms with E-state index in [0.29, 0.717) is 5.69 Å². The van der Waals surface area contributed by atoms with Crippen molar-refractivity contribution >= 4 is 19.7 Å². The van der Waals surface area contributed by atoms with Crippen molar-refractivity contribution < 1.29 is 8.42 Å². The average molecular weight is 208 g/mol. The van der Waals surface area contributed by atoms with Gasteiger partial charge in [-0.05, 0) is 26.0 Å². The van der Waals surface area contributed by atoms with Crippen LogP contribution in [0.4, 0.5) is 0 Å². The Kier molecular flexibility index (Phi) is 2.23. The van der Waals surface area contributed by atoms with Crippen LogP contribution in [0.2, 0.25) is 0 Å². The van der Waals surface area contributed by atoms with Crippen LogP contribution in [-0.4, -0.2) is 13.4 Å². The van der Waals surface area contributed by atoms with E-state index < -0.39 is 13.8 Å². The Bertz CT molecular complexity index is 353. The third kappa shape index (κ3) is 1.49. The number of rotatable bonds is 2. The highest BCUT2D eigenvalue weighted by molar-refractivity contribution is 8.14. The summed E-state index contributed by atoms with van der Waals surface area (Å²) in [4.78, 5) is 2.82. The summed E-state index contributed by atoms with van der Waals surface area (Å²) in [7, 11) is 1.68. The second-order valence-electron chi connectivity index (χ2n) is 3.03. The highest BCUT2D eigenvalue weighted by Crippen LogP contribution is 2.30. The smallest absolute Gasteiger partial charge is 0.243 e. The number of hydrogen-bond donors (Lipinski definition) is 1. The molecule has 0 amide bonds. The Morgan fingerprint density at radius 1 is 1.50 bits per heavy atom. The Labute approximate surface area is 76.2 Å². The molecule has 1 heterocycles. The van der Waals surface area contributed by atoms with E-state index >= 15 is 0 Å². The predicted molar refractivity (Wildman–Crippen MR) is 48.6 cm³/mol. The van der Waals surface area contributed by atoms with Crippen molar-refractivity contribution in [2.24, 2.45) is 0 Å². The van der Waals surface area contributed by atoms with Crippen molar-refractivity contribution in [1.82, 2.24) is 4.98 Å². The topological polar surface area (TPSA) is 49.9 Å². The van der Waals surface area contributed by atoms with E-state index in [4.69, 9.17) is 10.7 Å². The van der Waals surface area contributed by atoms with E-state index in [1.807, 2.05) is 0 Å². The standard InChI is InChI=1S/C7H10ClNO2S/c1-7(2,12(8,10)11)6-4-3-5-9-6/h3-5,9H,1-2H3. The van der Waals surface area contributed by atoms with Crippen LogP contribution < -0.4 is 0 Å². The molecular weight excluding hydrogens is 198 g/mol.